The summed E-state index contributed by atoms with van der Waals surface area (Å²) in [5.74, 6) is 0.278. The molecule has 3 atom stereocenters. The Kier molecular flexibility index (Phi) is 4.59. The van der Waals surface area contributed by atoms with Gasteiger partial charge in [0.2, 0.25) is 0 Å². The third-order valence-electron chi connectivity index (χ3n) is 4.43. The minimum absolute atomic E-state index is 0.0173. The van der Waals surface area contributed by atoms with Gasteiger partial charge in [-0.2, -0.15) is 5.26 Å². The normalized spacial score (nSPS) is 23.1. The van der Waals surface area contributed by atoms with Gasteiger partial charge >= 0.3 is 0 Å². The van der Waals surface area contributed by atoms with E-state index in [9.17, 15) is 5.26 Å². The summed E-state index contributed by atoms with van der Waals surface area (Å²) >= 11 is 6.79. The van der Waals surface area contributed by atoms with E-state index in [0.717, 1.165) is 19.9 Å². The van der Waals surface area contributed by atoms with Crippen molar-refractivity contribution in [1.29, 1.82) is 5.26 Å². The summed E-state index contributed by atoms with van der Waals surface area (Å²) in [6, 6.07) is 12.1. The van der Waals surface area contributed by atoms with Crippen LogP contribution in [0.5, 0.6) is 0 Å². The molecule has 1 aliphatic carbocycles. The van der Waals surface area contributed by atoms with Gasteiger partial charge < -0.3 is 4.74 Å². The lowest BCUT2D eigenvalue weighted by Crippen LogP contribution is -2.08. The van der Waals surface area contributed by atoms with E-state index >= 15 is 0 Å². The molecule has 118 valence electrons. The average Bonchev–Trinajstić information content (AvgIpc) is 3.03. The van der Waals surface area contributed by atoms with Crippen LogP contribution in [0.1, 0.15) is 25.5 Å². The molecule has 5 heteroatoms. The highest BCUT2D eigenvalue weighted by molar-refractivity contribution is 9.28. The van der Waals surface area contributed by atoms with Crippen LogP contribution in [0.15, 0.2) is 46.0 Å². The van der Waals surface area contributed by atoms with Crippen LogP contribution in [0.2, 0.25) is 0 Å². The molecule has 23 heavy (non-hydrogen) atoms. The van der Waals surface area contributed by atoms with Gasteiger partial charge in [0, 0.05) is 28.5 Å². The lowest BCUT2D eigenvalue weighted by atomic mass is 10.1. The largest absolute Gasteiger partial charge is 0.354 e. The van der Waals surface area contributed by atoms with Crippen LogP contribution in [0.4, 0.5) is 0 Å². The van der Waals surface area contributed by atoms with Gasteiger partial charge in [-0.15, -0.1) is 0 Å². The molecule has 0 spiro atoms. The Hall–Kier alpha value is -1.22. The van der Waals surface area contributed by atoms with Gasteiger partial charge in [0.15, 0.2) is 6.10 Å². The molecular weight excluding hydrogens is 420 g/mol. The Morgan fingerprint density at radius 2 is 2.13 bits per heavy atom. The zero-order valence-electron chi connectivity index (χ0n) is 12.8. The second-order valence-corrected chi connectivity index (χ2v) is 9.10. The summed E-state index contributed by atoms with van der Waals surface area (Å²) in [6.45, 7) is 4.30. The van der Waals surface area contributed by atoms with Gasteiger partial charge in [-0.3, -0.25) is 4.98 Å². The minimum atomic E-state index is -0.608. The van der Waals surface area contributed by atoms with Gasteiger partial charge in [-0.1, -0.05) is 38.1 Å². The number of ether oxygens (including phenoxy) is 1. The highest BCUT2D eigenvalue weighted by Crippen LogP contribution is 2.57. The predicted octanol–water partition coefficient (Wildman–Crippen LogP) is 5.47. The molecule has 0 bridgehead atoms. The van der Waals surface area contributed by atoms with Crippen molar-refractivity contribution in [1.82, 2.24) is 4.98 Å². The zero-order valence-corrected chi connectivity index (χ0v) is 16.0. The SMILES string of the molecule is CC1(C)C(C=C(Br)Br)C1OC(C#N)c1cnc2ccccc2c1. The van der Waals surface area contributed by atoms with Crippen LogP contribution in [0.25, 0.3) is 10.9 Å². The molecule has 0 saturated heterocycles. The monoisotopic (exact) mass is 434 g/mol. The van der Waals surface area contributed by atoms with Crippen LogP contribution in [-0.4, -0.2) is 11.1 Å². The Morgan fingerprint density at radius 1 is 1.39 bits per heavy atom. The molecule has 0 aliphatic heterocycles. The van der Waals surface area contributed by atoms with Crippen LogP contribution < -0.4 is 0 Å². The molecule has 0 radical (unpaired) electrons. The summed E-state index contributed by atoms with van der Waals surface area (Å²) in [5, 5.41) is 10.5. The van der Waals surface area contributed by atoms with Gasteiger partial charge in [-0.05, 0) is 44.0 Å². The smallest absolute Gasteiger partial charge is 0.170 e. The highest BCUT2D eigenvalue weighted by Gasteiger charge is 2.58. The fourth-order valence-corrected chi connectivity index (χ4v) is 3.46. The minimum Gasteiger partial charge on any atom is -0.354 e. The maximum absolute atomic E-state index is 9.53. The molecule has 1 fully saturated rings. The van der Waals surface area contributed by atoms with E-state index < -0.39 is 6.10 Å². The van der Waals surface area contributed by atoms with Crippen LogP contribution in [-0.2, 0) is 4.74 Å². The van der Waals surface area contributed by atoms with E-state index in [4.69, 9.17) is 4.74 Å². The van der Waals surface area contributed by atoms with Gasteiger partial charge in [0.05, 0.1) is 21.1 Å². The molecule has 1 aromatic carbocycles. The molecule has 3 unspecified atom stereocenters. The highest BCUT2D eigenvalue weighted by atomic mass is 79.9. The quantitative estimate of drug-likeness (QED) is 0.639. The topological polar surface area (TPSA) is 45.9 Å². The number of benzene rings is 1. The molecule has 0 N–H and O–H groups in total. The van der Waals surface area contributed by atoms with Crippen molar-refractivity contribution in [3.05, 3.63) is 51.6 Å². The number of rotatable bonds is 4. The number of halogens is 2. The maximum Gasteiger partial charge on any atom is 0.170 e. The molecule has 3 rings (SSSR count). The summed E-state index contributed by atoms with van der Waals surface area (Å²) in [5.41, 5.74) is 1.74. The first kappa shape index (κ1) is 16.6. The van der Waals surface area contributed by atoms with Crippen molar-refractivity contribution in [3.63, 3.8) is 0 Å². The predicted molar refractivity (Wildman–Crippen MR) is 98.2 cm³/mol. The second kappa shape index (κ2) is 6.35. The molecule has 1 aromatic heterocycles. The molecule has 1 saturated carbocycles. The standard InChI is InChI=1S/C18H16Br2N2O/c1-18(2)13(8-16(19)20)17(18)23-15(9-21)12-7-11-5-3-4-6-14(11)22-10-12/h3-8,10,13,15,17H,1-2H3. The maximum atomic E-state index is 9.53. The van der Waals surface area contributed by atoms with E-state index in [2.05, 4.69) is 62.8 Å². The van der Waals surface area contributed by atoms with Crippen LogP contribution >= 0.6 is 31.9 Å². The molecule has 3 nitrogen and oxygen atoms in total. The first-order valence-corrected chi connectivity index (χ1v) is 8.94. The fourth-order valence-electron chi connectivity index (χ4n) is 2.89. The number of para-hydroxylation sites is 1. The summed E-state index contributed by atoms with van der Waals surface area (Å²) in [6.07, 6.45) is 3.22. The third-order valence-corrected chi connectivity index (χ3v) is 4.96. The number of nitriles is 1. The van der Waals surface area contributed by atoms with E-state index in [1.807, 2.05) is 30.3 Å². The van der Waals surface area contributed by atoms with E-state index in [1.54, 1.807) is 6.20 Å². The first-order chi connectivity index (χ1) is 10.9. The number of hydrogen-bond acceptors (Lipinski definition) is 3. The van der Waals surface area contributed by atoms with E-state index in [-0.39, 0.29) is 17.4 Å². The summed E-state index contributed by atoms with van der Waals surface area (Å²) in [4.78, 5) is 4.42. The van der Waals surface area contributed by atoms with Crippen molar-refractivity contribution < 1.29 is 4.74 Å². The summed E-state index contributed by atoms with van der Waals surface area (Å²) < 4.78 is 7.00. The second-order valence-electron chi connectivity index (χ2n) is 6.33. The summed E-state index contributed by atoms with van der Waals surface area (Å²) in [7, 11) is 0. The Morgan fingerprint density at radius 3 is 2.83 bits per heavy atom. The third kappa shape index (κ3) is 3.35. The Bertz CT molecular complexity index is 806. The number of hydrogen-bond donors (Lipinski definition) is 0. The Labute approximate surface area is 152 Å². The van der Waals surface area contributed by atoms with Crippen LogP contribution in [0, 0.1) is 22.7 Å². The zero-order chi connectivity index (χ0) is 16.6. The Balaban J connectivity index is 1.83. The van der Waals surface area contributed by atoms with Crippen molar-refractivity contribution in [3.8, 4) is 6.07 Å². The molecule has 1 heterocycles. The molecule has 1 aliphatic rings. The van der Waals surface area contributed by atoms with Crippen molar-refractivity contribution in [2.45, 2.75) is 26.1 Å². The van der Waals surface area contributed by atoms with E-state index in [0.29, 0.717) is 0 Å². The van der Waals surface area contributed by atoms with Gasteiger partial charge in [-0.25, -0.2) is 0 Å². The molecular formula is C18H16Br2N2O. The number of pyridine rings is 1. The average molecular weight is 436 g/mol. The van der Waals surface area contributed by atoms with Crippen molar-refractivity contribution in [2.24, 2.45) is 11.3 Å². The van der Waals surface area contributed by atoms with E-state index in [1.165, 1.54) is 0 Å². The van der Waals surface area contributed by atoms with Crippen molar-refractivity contribution >= 4 is 42.8 Å². The number of nitrogens with zero attached hydrogens (tertiary/aromatic N) is 2. The number of aromatic nitrogens is 1. The lowest BCUT2D eigenvalue weighted by Gasteiger charge is -2.12. The molecule has 2 aromatic rings. The number of fused-ring (bicyclic) bond motifs is 1. The van der Waals surface area contributed by atoms with Crippen molar-refractivity contribution in [2.75, 3.05) is 0 Å². The van der Waals surface area contributed by atoms with Crippen LogP contribution in [0.3, 0.4) is 0 Å². The first-order valence-electron chi connectivity index (χ1n) is 7.36. The fraction of sp³-hybridized carbons (Fsp3) is 0.333. The lowest BCUT2D eigenvalue weighted by molar-refractivity contribution is 0.0529. The van der Waals surface area contributed by atoms with Gasteiger partial charge in [0.25, 0.3) is 0 Å². The van der Waals surface area contributed by atoms with Gasteiger partial charge in [0.1, 0.15) is 0 Å². The molecule has 0 amide bonds.